The molecule has 2 heterocycles. The standard InChI is InChI=1S/C26H22N4O3/c1-17-7-5-6-10-20(17)22-14-24(30(29-22)15-18-8-3-2-4-9-18)28-26(32)19-11-12-21-23(13-19)33-16-25(31)27-21/h2-14H,15-16H2,1H3,(H,27,31)(H,28,32). The molecule has 5 rings (SSSR count). The van der Waals surface area contributed by atoms with Crippen molar-refractivity contribution in [3.05, 3.63) is 95.6 Å². The Morgan fingerprint density at radius 3 is 2.67 bits per heavy atom. The van der Waals surface area contributed by atoms with E-state index in [0.29, 0.717) is 29.4 Å². The minimum atomic E-state index is -0.288. The molecule has 0 unspecified atom stereocenters. The third kappa shape index (κ3) is 4.34. The van der Waals surface area contributed by atoms with E-state index in [2.05, 4.69) is 10.6 Å². The van der Waals surface area contributed by atoms with Crippen molar-refractivity contribution in [1.82, 2.24) is 9.78 Å². The second-order valence-corrected chi connectivity index (χ2v) is 7.87. The molecular weight excluding hydrogens is 416 g/mol. The number of ether oxygens (including phenoxy) is 1. The molecule has 2 amide bonds. The average molecular weight is 438 g/mol. The molecule has 4 aromatic rings. The molecule has 0 spiro atoms. The van der Waals surface area contributed by atoms with Crippen molar-refractivity contribution in [2.75, 3.05) is 17.2 Å². The number of aromatic nitrogens is 2. The van der Waals surface area contributed by atoms with Gasteiger partial charge in [0.2, 0.25) is 0 Å². The van der Waals surface area contributed by atoms with E-state index in [1.54, 1.807) is 22.9 Å². The number of benzene rings is 3. The molecule has 0 atom stereocenters. The van der Waals surface area contributed by atoms with Gasteiger partial charge in [-0.2, -0.15) is 5.10 Å². The number of anilines is 2. The highest BCUT2D eigenvalue weighted by Crippen LogP contribution is 2.30. The molecule has 0 fully saturated rings. The molecular formula is C26H22N4O3. The average Bonchev–Trinajstić information content (AvgIpc) is 3.21. The van der Waals surface area contributed by atoms with Gasteiger partial charge in [0.15, 0.2) is 6.61 Å². The number of aryl methyl sites for hydroxylation is 1. The lowest BCUT2D eigenvalue weighted by Gasteiger charge is -2.18. The van der Waals surface area contributed by atoms with Crippen LogP contribution in [-0.2, 0) is 11.3 Å². The quantitative estimate of drug-likeness (QED) is 0.481. The van der Waals surface area contributed by atoms with Crippen molar-refractivity contribution < 1.29 is 14.3 Å². The molecule has 33 heavy (non-hydrogen) atoms. The number of hydrogen-bond acceptors (Lipinski definition) is 4. The van der Waals surface area contributed by atoms with Gasteiger partial charge in [0.1, 0.15) is 11.6 Å². The topological polar surface area (TPSA) is 85.2 Å². The van der Waals surface area contributed by atoms with Gasteiger partial charge in [-0.25, -0.2) is 4.68 Å². The van der Waals surface area contributed by atoms with Gasteiger partial charge < -0.3 is 15.4 Å². The van der Waals surface area contributed by atoms with Crippen molar-refractivity contribution in [3.63, 3.8) is 0 Å². The lowest BCUT2D eigenvalue weighted by molar-refractivity contribution is -0.118. The van der Waals surface area contributed by atoms with Crippen LogP contribution >= 0.6 is 0 Å². The highest BCUT2D eigenvalue weighted by molar-refractivity contribution is 6.05. The molecule has 3 aromatic carbocycles. The first kappa shape index (κ1) is 20.5. The van der Waals surface area contributed by atoms with Gasteiger partial charge in [0.05, 0.1) is 17.9 Å². The summed E-state index contributed by atoms with van der Waals surface area (Å²) < 4.78 is 7.24. The highest BCUT2D eigenvalue weighted by atomic mass is 16.5. The van der Waals surface area contributed by atoms with Crippen molar-refractivity contribution in [2.24, 2.45) is 0 Å². The zero-order chi connectivity index (χ0) is 22.8. The van der Waals surface area contributed by atoms with Gasteiger partial charge in [-0.3, -0.25) is 9.59 Å². The fraction of sp³-hybridized carbons (Fsp3) is 0.115. The summed E-state index contributed by atoms with van der Waals surface area (Å²) in [4.78, 5) is 24.6. The van der Waals surface area contributed by atoms with Crippen molar-refractivity contribution in [3.8, 4) is 17.0 Å². The smallest absolute Gasteiger partial charge is 0.262 e. The van der Waals surface area contributed by atoms with Crippen LogP contribution in [0.2, 0.25) is 0 Å². The van der Waals surface area contributed by atoms with E-state index >= 15 is 0 Å². The number of nitrogens with zero attached hydrogens (tertiary/aromatic N) is 2. The number of carbonyl (C=O) groups is 2. The minimum absolute atomic E-state index is 0.0678. The van der Waals surface area contributed by atoms with Crippen LogP contribution in [0.25, 0.3) is 11.3 Å². The Balaban J connectivity index is 1.46. The highest BCUT2D eigenvalue weighted by Gasteiger charge is 2.19. The van der Waals surface area contributed by atoms with E-state index < -0.39 is 0 Å². The Kier molecular flexibility index (Phi) is 5.36. The molecule has 1 aliphatic rings. The summed E-state index contributed by atoms with van der Waals surface area (Å²) in [6.07, 6.45) is 0. The largest absolute Gasteiger partial charge is 0.482 e. The first-order chi connectivity index (χ1) is 16.1. The number of fused-ring (bicyclic) bond motifs is 1. The van der Waals surface area contributed by atoms with E-state index in [0.717, 1.165) is 22.4 Å². The number of carbonyl (C=O) groups excluding carboxylic acids is 2. The van der Waals surface area contributed by atoms with Crippen LogP contribution in [0.5, 0.6) is 5.75 Å². The number of hydrogen-bond donors (Lipinski definition) is 2. The van der Waals surface area contributed by atoms with Gasteiger partial charge in [-0.15, -0.1) is 0 Å². The van der Waals surface area contributed by atoms with Gasteiger partial charge in [0, 0.05) is 17.2 Å². The Bertz CT molecular complexity index is 1340. The van der Waals surface area contributed by atoms with Crippen LogP contribution in [0.1, 0.15) is 21.5 Å². The molecule has 0 saturated carbocycles. The molecule has 2 N–H and O–H groups in total. The summed E-state index contributed by atoms with van der Waals surface area (Å²) in [5, 5.41) is 10.5. The molecule has 0 bridgehead atoms. The third-order valence-corrected chi connectivity index (χ3v) is 5.49. The Morgan fingerprint density at radius 2 is 1.85 bits per heavy atom. The molecule has 0 saturated heterocycles. The van der Waals surface area contributed by atoms with E-state index in [1.165, 1.54) is 0 Å². The zero-order valence-electron chi connectivity index (χ0n) is 18.0. The molecule has 0 radical (unpaired) electrons. The molecule has 7 nitrogen and oxygen atoms in total. The summed E-state index contributed by atoms with van der Waals surface area (Å²) in [5.41, 5.74) is 4.96. The second-order valence-electron chi connectivity index (χ2n) is 7.87. The summed E-state index contributed by atoms with van der Waals surface area (Å²) in [6.45, 7) is 2.49. The van der Waals surface area contributed by atoms with E-state index in [1.807, 2.05) is 67.6 Å². The van der Waals surface area contributed by atoms with Gasteiger partial charge >= 0.3 is 0 Å². The maximum absolute atomic E-state index is 13.1. The maximum Gasteiger partial charge on any atom is 0.262 e. The van der Waals surface area contributed by atoms with Crippen LogP contribution in [0.4, 0.5) is 11.5 Å². The van der Waals surface area contributed by atoms with Crippen LogP contribution in [-0.4, -0.2) is 28.2 Å². The molecule has 7 heteroatoms. The summed E-state index contributed by atoms with van der Waals surface area (Å²) in [7, 11) is 0. The first-order valence-corrected chi connectivity index (χ1v) is 10.6. The summed E-state index contributed by atoms with van der Waals surface area (Å²) in [6, 6.07) is 24.8. The van der Waals surface area contributed by atoms with Crippen LogP contribution < -0.4 is 15.4 Å². The van der Waals surface area contributed by atoms with E-state index in [9.17, 15) is 9.59 Å². The zero-order valence-corrected chi connectivity index (χ0v) is 18.0. The fourth-order valence-electron chi connectivity index (χ4n) is 3.79. The fourth-order valence-corrected chi connectivity index (χ4v) is 3.79. The third-order valence-electron chi connectivity index (χ3n) is 5.49. The second kappa shape index (κ2) is 8.63. The van der Waals surface area contributed by atoms with Crippen LogP contribution in [0.3, 0.4) is 0 Å². The number of nitrogens with one attached hydrogen (secondary N) is 2. The minimum Gasteiger partial charge on any atom is -0.482 e. The lowest BCUT2D eigenvalue weighted by Crippen LogP contribution is -2.25. The monoisotopic (exact) mass is 438 g/mol. The molecule has 1 aromatic heterocycles. The number of amides is 2. The Hall–Kier alpha value is -4.39. The van der Waals surface area contributed by atoms with Crippen molar-refractivity contribution in [1.29, 1.82) is 0 Å². The lowest BCUT2D eigenvalue weighted by atomic mass is 10.1. The Labute approximate surface area is 191 Å². The van der Waals surface area contributed by atoms with Gasteiger partial charge in [-0.05, 0) is 36.2 Å². The first-order valence-electron chi connectivity index (χ1n) is 10.6. The molecule has 1 aliphatic heterocycles. The van der Waals surface area contributed by atoms with Crippen molar-refractivity contribution >= 4 is 23.3 Å². The molecule has 164 valence electrons. The SMILES string of the molecule is Cc1ccccc1-c1cc(NC(=O)c2ccc3c(c2)OCC(=O)N3)n(Cc2ccccc2)n1. The van der Waals surface area contributed by atoms with Crippen molar-refractivity contribution in [2.45, 2.75) is 13.5 Å². The summed E-state index contributed by atoms with van der Waals surface area (Å²) in [5.74, 6) is 0.562. The summed E-state index contributed by atoms with van der Waals surface area (Å²) >= 11 is 0. The predicted molar refractivity (Wildman–Crippen MR) is 126 cm³/mol. The normalized spacial score (nSPS) is 12.5. The maximum atomic E-state index is 13.1. The Morgan fingerprint density at radius 1 is 1.06 bits per heavy atom. The van der Waals surface area contributed by atoms with Gasteiger partial charge in [-0.1, -0.05) is 54.6 Å². The van der Waals surface area contributed by atoms with E-state index in [-0.39, 0.29) is 18.4 Å². The predicted octanol–water partition coefficient (Wildman–Crippen LogP) is 4.49. The van der Waals surface area contributed by atoms with Crippen LogP contribution in [0, 0.1) is 6.92 Å². The number of rotatable bonds is 5. The van der Waals surface area contributed by atoms with E-state index in [4.69, 9.17) is 9.84 Å². The molecule has 0 aliphatic carbocycles. The van der Waals surface area contributed by atoms with Crippen LogP contribution in [0.15, 0.2) is 78.9 Å². The van der Waals surface area contributed by atoms with Gasteiger partial charge in [0.25, 0.3) is 11.8 Å².